The van der Waals surface area contributed by atoms with E-state index in [1.807, 2.05) is 30.3 Å². The molecule has 0 aromatic heterocycles. The second-order valence-corrected chi connectivity index (χ2v) is 10.3. The van der Waals surface area contributed by atoms with Crippen molar-refractivity contribution in [1.82, 2.24) is 15.1 Å². The normalized spacial score (nSPS) is 14.7. The number of carbonyl (C=O) groups excluding carboxylic acids is 1. The first-order valence-electron chi connectivity index (χ1n) is 12.6. The highest BCUT2D eigenvalue weighted by molar-refractivity contribution is 6.30. The minimum atomic E-state index is -0.157. The zero-order valence-electron chi connectivity index (χ0n) is 21.5. The number of nitrogens with one attached hydrogen (secondary N) is 1. The van der Waals surface area contributed by atoms with Gasteiger partial charge in [-0.25, -0.2) is 0 Å². The van der Waals surface area contributed by atoms with Crippen LogP contribution in [0.1, 0.15) is 29.5 Å². The van der Waals surface area contributed by atoms with Crippen LogP contribution in [0.2, 0.25) is 5.02 Å². The van der Waals surface area contributed by atoms with Crippen molar-refractivity contribution in [3.63, 3.8) is 0 Å². The summed E-state index contributed by atoms with van der Waals surface area (Å²) in [6, 6.07) is 23.0. The van der Waals surface area contributed by atoms with Gasteiger partial charge in [-0.1, -0.05) is 59.6 Å². The summed E-state index contributed by atoms with van der Waals surface area (Å²) >= 11 is 6.04. The quantitative estimate of drug-likeness (QED) is 0.415. The molecule has 1 aliphatic heterocycles. The fraction of sp³-hybridized carbons (Fsp3) is 0.367. The van der Waals surface area contributed by atoms with Gasteiger partial charge in [-0.05, 0) is 87.9 Å². The van der Waals surface area contributed by atoms with Crippen molar-refractivity contribution in [3.8, 4) is 16.9 Å². The van der Waals surface area contributed by atoms with Gasteiger partial charge in [0.1, 0.15) is 5.75 Å². The first kappa shape index (κ1) is 26.2. The number of hydrogen-bond donors (Lipinski definition) is 1. The summed E-state index contributed by atoms with van der Waals surface area (Å²) in [7, 11) is 4.32. The largest absolute Gasteiger partial charge is 0.483 e. The number of nitrogens with zero attached hydrogens (tertiary/aromatic N) is 2. The maximum atomic E-state index is 12.5. The summed E-state index contributed by atoms with van der Waals surface area (Å²) < 4.78 is 6.05. The van der Waals surface area contributed by atoms with Gasteiger partial charge in [0, 0.05) is 29.7 Å². The topological polar surface area (TPSA) is 44.8 Å². The SMILES string of the molecule is Cc1ccc(-c2ccc(OCC(=O)NCc3cccc(Cl)c3)c(CN3CCC(N(C)C)CC3)c2)cc1. The number of benzene rings is 3. The molecule has 0 unspecified atom stereocenters. The number of amides is 1. The Bertz CT molecular complexity index is 1160. The van der Waals surface area contributed by atoms with Gasteiger partial charge in [0.15, 0.2) is 6.61 Å². The molecule has 1 heterocycles. The molecule has 1 N–H and O–H groups in total. The van der Waals surface area contributed by atoms with E-state index in [4.69, 9.17) is 16.3 Å². The summed E-state index contributed by atoms with van der Waals surface area (Å²) in [5, 5.41) is 3.58. The fourth-order valence-electron chi connectivity index (χ4n) is 4.65. The van der Waals surface area contributed by atoms with Gasteiger partial charge < -0.3 is 15.0 Å². The highest BCUT2D eigenvalue weighted by Crippen LogP contribution is 2.29. The lowest BCUT2D eigenvalue weighted by Crippen LogP contribution is -2.41. The molecule has 3 aromatic carbocycles. The van der Waals surface area contributed by atoms with Crippen LogP contribution in [0.3, 0.4) is 0 Å². The van der Waals surface area contributed by atoms with E-state index in [0.29, 0.717) is 17.6 Å². The molecule has 36 heavy (non-hydrogen) atoms. The van der Waals surface area contributed by atoms with Gasteiger partial charge >= 0.3 is 0 Å². The highest BCUT2D eigenvalue weighted by Gasteiger charge is 2.22. The van der Waals surface area contributed by atoms with Gasteiger partial charge in [-0.3, -0.25) is 9.69 Å². The monoisotopic (exact) mass is 505 g/mol. The van der Waals surface area contributed by atoms with Crippen molar-refractivity contribution < 1.29 is 9.53 Å². The van der Waals surface area contributed by atoms with Crippen LogP contribution in [0, 0.1) is 6.92 Å². The molecule has 0 aliphatic carbocycles. The fourth-order valence-corrected chi connectivity index (χ4v) is 4.86. The highest BCUT2D eigenvalue weighted by atomic mass is 35.5. The van der Waals surface area contributed by atoms with E-state index in [-0.39, 0.29) is 12.5 Å². The Balaban J connectivity index is 1.44. The Morgan fingerprint density at radius 1 is 1.03 bits per heavy atom. The summed E-state index contributed by atoms with van der Waals surface area (Å²) in [5.74, 6) is 0.605. The van der Waals surface area contributed by atoms with E-state index in [1.54, 1.807) is 0 Å². The molecule has 1 fully saturated rings. The van der Waals surface area contributed by atoms with Crippen LogP contribution in [-0.2, 0) is 17.9 Å². The molecular weight excluding hydrogens is 470 g/mol. The number of carbonyl (C=O) groups is 1. The lowest BCUT2D eigenvalue weighted by molar-refractivity contribution is -0.123. The first-order valence-corrected chi connectivity index (χ1v) is 13.0. The summed E-state index contributed by atoms with van der Waals surface area (Å²) in [6.07, 6.45) is 2.32. The number of rotatable bonds is 9. The van der Waals surface area contributed by atoms with Gasteiger partial charge in [0.2, 0.25) is 0 Å². The molecule has 190 valence electrons. The predicted molar refractivity (Wildman–Crippen MR) is 147 cm³/mol. The van der Waals surface area contributed by atoms with Gasteiger partial charge in [-0.2, -0.15) is 0 Å². The summed E-state index contributed by atoms with van der Waals surface area (Å²) in [4.78, 5) is 17.3. The number of ether oxygens (including phenoxy) is 1. The van der Waals surface area contributed by atoms with Crippen LogP contribution in [0.4, 0.5) is 0 Å². The van der Waals surface area contributed by atoms with Gasteiger partial charge in [0.05, 0.1) is 0 Å². The third-order valence-electron chi connectivity index (χ3n) is 6.86. The lowest BCUT2D eigenvalue weighted by Gasteiger charge is -2.35. The van der Waals surface area contributed by atoms with Crippen molar-refractivity contribution >= 4 is 17.5 Å². The molecule has 0 radical (unpaired) electrons. The Hall–Kier alpha value is -2.86. The molecule has 0 bridgehead atoms. The minimum Gasteiger partial charge on any atom is -0.483 e. The Kier molecular flexibility index (Phi) is 9.03. The van der Waals surface area contributed by atoms with Crippen molar-refractivity contribution in [1.29, 1.82) is 0 Å². The summed E-state index contributed by atoms with van der Waals surface area (Å²) in [6.45, 7) is 5.40. The summed E-state index contributed by atoms with van der Waals surface area (Å²) in [5.41, 5.74) is 5.65. The predicted octanol–water partition coefficient (Wildman–Crippen LogP) is 5.54. The molecular formula is C30H36ClN3O2. The van der Waals surface area contributed by atoms with Crippen LogP contribution in [-0.4, -0.2) is 55.5 Å². The number of halogens is 1. The van der Waals surface area contributed by atoms with Crippen molar-refractivity contribution in [2.45, 2.75) is 38.9 Å². The molecule has 6 heteroatoms. The van der Waals surface area contributed by atoms with Crippen LogP contribution in [0.15, 0.2) is 66.7 Å². The lowest BCUT2D eigenvalue weighted by atomic mass is 9.99. The molecule has 3 aromatic rings. The van der Waals surface area contributed by atoms with Gasteiger partial charge in [-0.15, -0.1) is 0 Å². The smallest absolute Gasteiger partial charge is 0.258 e. The Morgan fingerprint density at radius 2 is 1.75 bits per heavy atom. The van der Waals surface area contributed by atoms with Gasteiger partial charge in [0.25, 0.3) is 5.91 Å². The number of likely N-dealkylation sites (tertiary alicyclic amines) is 1. The molecule has 1 amide bonds. The number of piperidine rings is 1. The van der Waals surface area contributed by atoms with Crippen LogP contribution < -0.4 is 10.1 Å². The van der Waals surface area contributed by atoms with Crippen molar-refractivity contribution in [2.24, 2.45) is 0 Å². The second kappa shape index (κ2) is 12.4. The third kappa shape index (κ3) is 7.33. The maximum absolute atomic E-state index is 12.5. The average Bonchev–Trinajstić information content (AvgIpc) is 2.87. The van der Waals surface area contributed by atoms with E-state index in [0.717, 1.165) is 54.9 Å². The van der Waals surface area contributed by atoms with Crippen molar-refractivity contribution in [3.05, 3.63) is 88.4 Å². The molecule has 1 aliphatic rings. The zero-order chi connectivity index (χ0) is 25.5. The third-order valence-corrected chi connectivity index (χ3v) is 7.10. The Morgan fingerprint density at radius 3 is 2.44 bits per heavy atom. The molecule has 0 spiro atoms. The number of hydrogen-bond acceptors (Lipinski definition) is 4. The number of aryl methyl sites for hydroxylation is 1. The molecule has 0 saturated carbocycles. The van der Waals surface area contributed by atoms with Crippen LogP contribution in [0.25, 0.3) is 11.1 Å². The molecule has 4 rings (SSSR count). The standard InChI is InChI=1S/C30H36ClN3O2/c1-22-7-9-24(10-8-22)25-11-12-29(26(18-25)20-34-15-13-28(14-16-34)33(2)3)36-21-30(35)32-19-23-5-4-6-27(31)17-23/h4-12,17-18,28H,13-16,19-21H2,1-3H3,(H,32,35). The Labute approximate surface area is 220 Å². The average molecular weight is 506 g/mol. The van der Waals surface area contributed by atoms with Crippen LogP contribution in [0.5, 0.6) is 5.75 Å². The molecule has 1 saturated heterocycles. The first-order chi connectivity index (χ1) is 17.4. The van der Waals surface area contributed by atoms with Crippen molar-refractivity contribution in [2.75, 3.05) is 33.8 Å². The maximum Gasteiger partial charge on any atom is 0.258 e. The zero-order valence-corrected chi connectivity index (χ0v) is 22.2. The van der Waals surface area contributed by atoms with E-state index in [9.17, 15) is 4.79 Å². The van der Waals surface area contributed by atoms with E-state index >= 15 is 0 Å². The van der Waals surface area contributed by atoms with E-state index in [2.05, 4.69) is 72.5 Å². The second-order valence-electron chi connectivity index (χ2n) is 9.85. The van der Waals surface area contributed by atoms with E-state index in [1.165, 1.54) is 11.1 Å². The molecule has 5 nitrogen and oxygen atoms in total. The minimum absolute atomic E-state index is 0.0276. The van der Waals surface area contributed by atoms with E-state index < -0.39 is 0 Å². The molecule has 0 atom stereocenters. The van der Waals surface area contributed by atoms with Crippen LogP contribution >= 0.6 is 11.6 Å².